The predicted octanol–water partition coefficient (Wildman–Crippen LogP) is 0.396. The maximum absolute atomic E-state index is 9.49. The monoisotopic (exact) mass is 200 g/mol. The summed E-state index contributed by atoms with van der Waals surface area (Å²) < 4.78 is 5.15. The molecule has 0 spiro atoms. The van der Waals surface area contributed by atoms with Crippen LogP contribution < -0.4 is 0 Å². The van der Waals surface area contributed by atoms with Crippen molar-refractivity contribution in [2.75, 3.05) is 13.2 Å². The molecule has 0 aromatic carbocycles. The number of ether oxygens (including phenoxy) is 1. The van der Waals surface area contributed by atoms with Gasteiger partial charge in [-0.05, 0) is 6.92 Å². The Hall–Kier alpha value is -0.520. The molecule has 1 fully saturated rings. The quantitative estimate of drug-likeness (QED) is 0.750. The standard InChI is InChI=1S/C8H12N2O2S/c1-5-9-10-8(13-5)2-6-3-12-4-7(6)11/h6-7,11H,2-4H2,1H3. The zero-order valence-electron chi connectivity index (χ0n) is 7.43. The molecule has 2 rings (SSSR count). The number of aliphatic hydroxyl groups is 1. The molecule has 5 heteroatoms. The highest BCUT2D eigenvalue weighted by molar-refractivity contribution is 7.11. The van der Waals surface area contributed by atoms with Crippen molar-refractivity contribution in [2.24, 2.45) is 5.92 Å². The van der Waals surface area contributed by atoms with E-state index in [0.29, 0.717) is 13.2 Å². The minimum absolute atomic E-state index is 0.201. The van der Waals surface area contributed by atoms with E-state index in [9.17, 15) is 5.11 Å². The third-order valence-corrected chi connectivity index (χ3v) is 3.03. The van der Waals surface area contributed by atoms with Crippen LogP contribution in [0.15, 0.2) is 0 Å². The van der Waals surface area contributed by atoms with E-state index in [0.717, 1.165) is 16.4 Å². The molecule has 1 N–H and O–H groups in total. The van der Waals surface area contributed by atoms with Crippen LogP contribution in [0, 0.1) is 12.8 Å². The van der Waals surface area contributed by atoms with Crippen molar-refractivity contribution in [3.63, 3.8) is 0 Å². The fourth-order valence-corrected chi connectivity index (χ4v) is 2.23. The van der Waals surface area contributed by atoms with Crippen LogP contribution in [0.5, 0.6) is 0 Å². The molecule has 1 aliphatic rings. The maximum atomic E-state index is 9.49. The first-order valence-electron chi connectivity index (χ1n) is 4.30. The molecule has 2 heterocycles. The van der Waals surface area contributed by atoms with E-state index in [2.05, 4.69) is 10.2 Å². The Morgan fingerprint density at radius 2 is 2.38 bits per heavy atom. The van der Waals surface area contributed by atoms with Gasteiger partial charge in [-0.25, -0.2) is 0 Å². The Morgan fingerprint density at radius 3 is 2.92 bits per heavy atom. The van der Waals surface area contributed by atoms with Crippen LogP contribution in [0.1, 0.15) is 10.0 Å². The number of hydrogen-bond donors (Lipinski definition) is 1. The number of aliphatic hydroxyl groups excluding tert-OH is 1. The summed E-state index contributed by atoms with van der Waals surface area (Å²) in [6.45, 7) is 3.03. The lowest BCUT2D eigenvalue weighted by molar-refractivity contribution is 0.118. The summed E-state index contributed by atoms with van der Waals surface area (Å²) in [5, 5.41) is 19.4. The van der Waals surface area contributed by atoms with Crippen LogP contribution in [-0.4, -0.2) is 34.6 Å². The zero-order chi connectivity index (χ0) is 9.26. The van der Waals surface area contributed by atoms with E-state index in [1.54, 1.807) is 11.3 Å². The summed E-state index contributed by atoms with van der Waals surface area (Å²) in [4.78, 5) is 0. The molecule has 0 amide bonds. The van der Waals surface area contributed by atoms with Crippen molar-refractivity contribution >= 4 is 11.3 Å². The van der Waals surface area contributed by atoms with Crippen molar-refractivity contribution in [3.05, 3.63) is 10.0 Å². The molecular formula is C8H12N2O2S. The molecule has 1 saturated heterocycles. The Morgan fingerprint density at radius 1 is 1.54 bits per heavy atom. The van der Waals surface area contributed by atoms with Gasteiger partial charge >= 0.3 is 0 Å². The lowest BCUT2D eigenvalue weighted by Gasteiger charge is -2.08. The summed E-state index contributed by atoms with van der Waals surface area (Å²) in [5.74, 6) is 0.201. The van der Waals surface area contributed by atoms with Crippen molar-refractivity contribution in [3.8, 4) is 0 Å². The van der Waals surface area contributed by atoms with E-state index in [1.165, 1.54) is 0 Å². The molecule has 2 atom stereocenters. The van der Waals surface area contributed by atoms with Gasteiger partial charge in [-0.2, -0.15) is 0 Å². The van der Waals surface area contributed by atoms with E-state index >= 15 is 0 Å². The van der Waals surface area contributed by atoms with Gasteiger partial charge in [0.15, 0.2) is 0 Å². The highest BCUT2D eigenvalue weighted by Crippen LogP contribution is 2.20. The number of rotatable bonds is 2. The minimum atomic E-state index is -0.329. The predicted molar refractivity (Wildman–Crippen MR) is 48.7 cm³/mol. The third-order valence-electron chi connectivity index (χ3n) is 2.17. The van der Waals surface area contributed by atoms with Crippen LogP contribution in [0.4, 0.5) is 0 Å². The molecule has 0 saturated carbocycles. The molecule has 1 aliphatic heterocycles. The molecular weight excluding hydrogens is 188 g/mol. The normalized spacial score (nSPS) is 28.2. The van der Waals surface area contributed by atoms with Gasteiger partial charge in [-0.3, -0.25) is 0 Å². The van der Waals surface area contributed by atoms with Crippen molar-refractivity contribution in [1.82, 2.24) is 10.2 Å². The average molecular weight is 200 g/mol. The lowest BCUT2D eigenvalue weighted by Crippen LogP contribution is -2.19. The van der Waals surface area contributed by atoms with Crippen LogP contribution in [-0.2, 0) is 11.2 Å². The van der Waals surface area contributed by atoms with Gasteiger partial charge in [0, 0.05) is 12.3 Å². The Labute approximate surface area is 80.6 Å². The molecule has 13 heavy (non-hydrogen) atoms. The first-order chi connectivity index (χ1) is 6.25. The largest absolute Gasteiger partial charge is 0.390 e. The van der Waals surface area contributed by atoms with E-state index in [4.69, 9.17) is 4.74 Å². The van der Waals surface area contributed by atoms with E-state index < -0.39 is 0 Å². The molecule has 4 nitrogen and oxygen atoms in total. The smallest absolute Gasteiger partial charge is 0.117 e. The number of hydrogen-bond acceptors (Lipinski definition) is 5. The SMILES string of the molecule is Cc1nnc(CC2COCC2O)s1. The second-order valence-corrected chi connectivity index (χ2v) is 4.55. The molecule has 72 valence electrons. The van der Waals surface area contributed by atoms with Crippen LogP contribution in [0.3, 0.4) is 0 Å². The Bertz CT molecular complexity index is 289. The first kappa shape index (κ1) is 9.05. The van der Waals surface area contributed by atoms with Gasteiger partial charge < -0.3 is 9.84 Å². The van der Waals surface area contributed by atoms with Gasteiger partial charge in [0.2, 0.25) is 0 Å². The van der Waals surface area contributed by atoms with Gasteiger partial charge in [-0.15, -0.1) is 21.5 Å². The van der Waals surface area contributed by atoms with Crippen molar-refractivity contribution in [1.29, 1.82) is 0 Å². The minimum Gasteiger partial charge on any atom is -0.390 e. The molecule has 0 radical (unpaired) electrons. The van der Waals surface area contributed by atoms with Gasteiger partial charge in [-0.1, -0.05) is 0 Å². The summed E-state index contributed by atoms with van der Waals surface area (Å²) in [5.41, 5.74) is 0. The first-order valence-corrected chi connectivity index (χ1v) is 5.12. The Balaban J connectivity index is 1.97. The fraction of sp³-hybridized carbons (Fsp3) is 0.750. The molecule has 0 aliphatic carbocycles. The fourth-order valence-electron chi connectivity index (χ4n) is 1.43. The number of aromatic nitrogens is 2. The van der Waals surface area contributed by atoms with Gasteiger partial charge in [0.25, 0.3) is 0 Å². The molecule has 1 aromatic rings. The highest BCUT2D eigenvalue weighted by atomic mass is 32.1. The lowest BCUT2D eigenvalue weighted by atomic mass is 10.0. The van der Waals surface area contributed by atoms with Crippen LogP contribution in [0.2, 0.25) is 0 Å². The van der Waals surface area contributed by atoms with E-state index in [1.807, 2.05) is 6.92 Å². The van der Waals surface area contributed by atoms with Gasteiger partial charge in [0.05, 0.1) is 19.3 Å². The Kier molecular flexibility index (Phi) is 2.57. The van der Waals surface area contributed by atoms with E-state index in [-0.39, 0.29) is 12.0 Å². The molecule has 0 bridgehead atoms. The summed E-state index contributed by atoms with van der Waals surface area (Å²) in [6.07, 6.45) is 0.455. The third kappa shape index (κ3) is 2.04. The highest BCUT2D eigenvalue weighted by Gasteiger charge is 2.27. The van der Waals surface area contributed by atoms with Crippen molar-refractivity contribution in [2.45, 2.75) is 19.4 Å². The summed E-state index contributed by atoms with van der Waals surface area (Å²) in [7, 11) is 0. The average Bonchev–Trinajstić information content (AvgIpc) is 2.64. The summed E-state index contributed by atoms with van der Waals surface area (Å²) >= 11 is 1.59. The topological polar surface area (TPSA) is 55.2 Å². The van der Waals surface area contributed by atoms with Crippen molar-refractivity contribution < 1.29 is 9.84 Å². The maximum Gasteiger partial charge on any atom is 0.117 e. The summed E-state index contributed by atoms with van der Waals surface area (Å²) in [6, 6.07) is 0. The van der Waals surface area contributed by atoms with Crippen LogP contribution in [0.25, 0.3) is 0 Å². The van der Waals surface area contributed by atoms with Crippen LogP contribution >= 0.6 is 11.3 Å². The molecule has 1 aromatic heterocycles. The zero-order valence-corrected chi connectivity index (χ0v) is 8.25. The molecule has 2 unspecified atom stereocenters. The number of nitrogens with zero attached hydrogens (tertiary/aromatic N) is 2. The second-order valence-electron chi connectivity index (χ2n) is 3.28. The number of aryl methyl sites for hydroxylation is 1. The van der Waals surface area contributed by atoms with Gasteiger partial charge in [0.1, 0.15) is 10.0 Å². The second kappa shape index (κ2) is 3.69.